The van der Waals surface area contributed by atoms with Gasteiger partial charge in [-0.05, 0) is 156 Å². The summed E-state index contributed by atoms with van der Waals surface area (Å²) in [6.45, 7) is 15.2. The maximum atomic E-state index is 12.6. The molecule has 0 spiro atoms. The third kappa shape index (κ3) is 27.3. The number of hydrogen-bond acceptors (Lipinski definition) is 4. The molecule has 0 saturated carbocycles. The highest BCUT2D eigenvalue weighted by molar-refractivity contribution is 5.75. The fourth-order valence-corrected chi connectivity index (χ4v) is 4.22. The van der Waals surface area contributed by atoms with Crippen LogP contribution in [0.4, 0.5) is 0 Å². The second-order valence-corrected chi connectivity index (χ2v) is 13.2. The van der Waals surface area contributed by atoms with E-state index in [0.717, 1.165) is 19.3 Å². The molecule has 4 nitrogen and oxygen atoms in total. The van der Waals surface area contributed by atoms with Gasteiger partial charge in [0.05, 0.1) is 18.6 Å². The van der Waals surface area contributed by atoms with Gasteiger partial charge in [-0.2, -0.15) is 0 Å². The van der Waals surface area contributed by atoms with E-state index < -0.39 is 11.2 Å². The first kappa shape index (κ1) is 45.3. The van der Waals surface area contributed by atoms with Gasteiger partial charge in [0.25, 0.3) is 0 Å². The second-order valence-electron chi connectivity index (χ2n) is 13.2. The van der Waals surface area contributed by atoms with Gasteiger partial charge in [-0.1, -0.05) is 82.6 Å². The Morgan fingerprint density at radius 3 is 1.68 bits per heavy atom. The lowest BCUT2D eigenvalue weighted by atomic mass is 9.86. The number of allylic oxidation sites excluding steroid dienone is 4. The van der Waals surface area contributed by atoms with Crippen molar-refractivity contribution >= 4 is 5.97 Å². The highest BCUT2D eigenvalue weighted by atomic mass is 16.7. The molecule has 0 bridgehead atoms. The van der Waals surface area contributed by atoms with E-state index >= 15 is 0 Å². The van der Waals surface area contributed by atoms with Crippen LogP contribution in [0.2, 0.25) is 0 Å². The minimum Gasteiger partial charge on any atom is -0.465 e. The summed E-state index contributed by atoms with van der Waals surface area (Å²) in [6.07, 6.45) is 28.4. The Hall–Kier alpha value is -4.65. The van der Waals surface area contributed by atoms with Crippen LogP contribution < -0.4 is 0 Å². The topological polar surface area (TPSA) is 44.8 Å². The zero-order valence-electron chi connectivity index (χ0n) is 31.6. The number of rotatable bonds is 17. The molecule has 0 N–H and O–H groups in total. The van der Waals surface area contributed by atoms with Crippen LogP contribution in [0, 0.1) is 106 Å². The van der Waals surface area contributed by atoms with Gasteiger partial charge in [0.15, 0.2) is 5.79 Å². The largest absolute Gasteiger partial charge is 0.465 e. The van der Waals surface area contributed by atoms with Crippen molar-refractivity contribution in [2.75, 3.05) is 19.8 Å². The molecule has 0 unspecified atom stereocenters. The Morgan fingerprint density at radius 1 is 0.720 bits per heavy atom. The summed E-state index contributed by atoms with van der Waals surface area (Å²) >= 11 is 0. The molecule has 1 saturated heterocycles. The summed E-state index contributed by atoms with van der Waals surface area (Å²) in [5.74, 6) is 36.3. The Balaban J connectivity index is -0.0000000530. The molecule has 4 heteroatoms. The Bertz CT molecular complexity index is 1600. The normalized spacial score (nSPS) is 13.3. The molecule has 1 fully saturated rings. The average molecular weight is 701 g/mol. The first-order valence-corrected chi connectivity index (χ1v) is 17.6. The highest BCUT2D eigenvalue weighted by Gasteiger charge is 2.39. The van der Waals surface area contributed by atoms with Crippen molar-refractivity contribution in [1.82, 2.24) is 0 Å². The summed E-state index contributed by atoms with van der Waals surface area (Å²) < 4.78 is 17.2. The van der Waals surface area contributed by atoms with Gasteiger partial charge in [0, 0.05) is 25.4 Å². The van der Waals surface area contributed by atoms with Crippen LogP contribution in [-0.2, 0) is 19.0 Å². The summed E-state index contributed by atoms with van der Waals surface area (Å²) in [5.41, 5.74) is -0.723. The summed E-state index contributed by atoms with van der Waals surface area (Å²) in [7, 11) is 0. The molecule has 0 aromatic heterocycles. The lowest BCUT2D eigenvalue weighted by molar-refractivity contribution is -0.287. The number of ether oxygens (including phenoxy) is 3. The van der Waals surface area contributed by atoms with E-state index in [-0.39, 0.29) is 31.4 Å². The Labute approximate surface area is 326 Å². The number of carbonyl (C=O) groups excluding carboxylic acids is 1. The predicted molar refractivity (Wildman–Crippen MR) is 237 cm³/mol. The molecule has 292 valence electrons. The molecule has 0 aromatic carbocycles. The molecular formula is C46H84O4. The van der Waals surface area contributed by atoms with E-state index in [4.69, 9.17) is 20.6 Å². The molecule has 0 amide bonds. The van der Waals surface area contributed by atoms with E-state index in [2.05, 4.69) is 120 Å². The second kappa shape index (κ2) is 29.3. The van der Waals surface area contributed by atoms with Crippen LogP contribution in [0.3, 0.4) is 0 Å². The van der Waals surface area contributed by atoms with Crippen LogP contribution in [0.5, 0.6) is 0 Å². The highest BCUT2D eigenvalue weighted by Crippen LogP contribution is 2.31. The predicted octanol–water partition coefficient (Wildman–Crippen LogP) is 12.3. The maximum Gasteiger partial charge on any atom is 0.311 e. The van der Waals surface area contributed by atoms with Crippen molar-refractivity contribution in [3.63, 3.8) is 0 Å². The van der Waals surface area contributed by atoms with E-state index in [1.807, 2.05) is 34.6 Å². The Morgan fingerprint density at radius 2 is 1.18 bits per heavy atom. The van der Waals surface area contributed by atoms with Gasteiger partial charge in [0.1, 0.15) is 6.61 Å². The first-order chi connectivity index (χ1) is 24.0. The molecule has 50 heavy (non-hydrogen) atoms. The van der Waals surface area contributed by atoms with Gasteiger partial charge < -0.3 is 14.2 Å². The first-order valence-electron chi connectivity index (χ1n) is 17.6. The smallest absolute Gasteiger partial charge is 0.311 e. The van der Waals surface area contributed by atoms with Gasteiger partial charge in [-0.3, -0.25) is 4.79 Å². The number of unbranched alkanes of at least 4 members (excludes halogenated alkanes) is 8. The van der Waals surface area contributed by atoms with Crippen molar-refractivity contribution in [3.8, 4) is 95.2 Å². The average Bonchev–Trinajstić information content (AvgIpc) is 3.09. The van der Waals surface area contributed by atoms with Crippen LogP contribution >= 0.6 is 0 Å². The zero-order chi connectivity index (χ0) is 37.2. The lowest BCUT2D eigenvalue weighted by Gasteiger charge is -2.41. The third-order valence-corrected chi connectivity index (χ3v) is 7.34. The summed E-state index contributed by atoms with van der Waals surface area (Å²) in [5, 5.41) is 0. The van der Waals surface area contributed by atoms with Crippen LogP contribution in [0.1, 0.15) is 145 Å². The molecule has 0 aliphatic carbocycles. The molecular weight excluding hydrogens is 617 g/mol. The third-order valence-electron chi connectivity index (χ3n) is 7.34. The van der Waals surface area contributed by atoms with Crippen molar-refractivity contribution in [3.05, 3.63) is 24.3 Å². The molecule has 0 aromatic rings. The van der Waals surface area contributed by atoms with Crippen LogP contribution in [0.15, 0.2) is 24.3 Å². The number of carbonyl (C=O) groups is 1. The standard InChI is InChI=1S/C29H52O4.C17H4.14H2/c1-7-8-9-10-11-12-13-14-15-16-17-18-19-20-21-22-27(2,3)26(30)31-23-29(6)24-32-28(4,5)33-25-29;1-3-5-7-9-11-13-15-17-16-14-12-10-8-6-4-2;;;;;;;;;;;;;;/h11-12,14-15H,7-10,13,16-25H2,1-6H3;1H,2H3;14*1H/b12-11-,15-14-;;;;;;;;;;;;;;;. The monoisotopic (exact) mass is 701 g/mol. The van der Waals surface area contributed by atoms with Crippen molar-refractivity contribution in [2.45, 2.75) is 131 Å². The fraction of sp³-hybridized carbons (Fsp3) is 0.543. The fourth-order valence-electron chi connectivity index (χ4n) is 4.22. The van der Waals surface area contributed by atoms with Crippen LogP contribution in [0.25, 0.3) is 0 Å². The minimum atomic E-state index is -0.552. The van der Waals surface area contributed by atoms with Gasteiger partial charge >= 0.3 is 5.97 Å². The quantitative estimate of drug-likeness (QED) is 0.0656. The summed E-state index contributed by atoms with van der Waals surface area (Å²) in [6, 6.07) is 0. The molecule has 1 aliphatic rings. The SMILES string of the molecule is C#CC#CC#CC#CC#CC#CC#CC#CC.CCCCC/C=C\C/C=C\CCCCCCCC(C)(C)C(=O)OCC1(C)COC(C)(C)OC1.[HH].[HH].[HH].[HH].[HH].[HH].[HH].[HH].[HH].[HH].[HH].[HH].[HH].[HH]. The van der Waals surface area contributed by atoms with Gasteiger partial charge in [0.2, 0.25) is 0 Å². The number of esters is 1. The lowest BCUT2D eigenvalue weighted by Crippen LogP contribution is -2.48. The summed E-state index contributed by atoms with van der Waals surface area (Å²) in [4.78, 5) is 12.6. The van der Waals surface area contributed by atoms with Crippen molar-refractivity contribution in [2.24, 2.45) is 10.8 Å². The number of hydrogen-bond donors (Lipinski definition) is 0. The molecule has 0 atom stereocenters. The zero-order valence-corrected chi connectivity index (χ0v) is 31.6. The van der Waals surface area contributed by atoms with Crippen molar-refractivity contribution < 1.29 is 39.0 Å². The van der Waals surface area contributed by atoms with E-state index in [1.165, 1.54) is 57.8 Å². The van der Waals surface area contributed by atoms with Gasteiger partial charge in [-0.15, -0.1) is 6.42 Å². The molecule has 0 radical (unpaired) electrons. The van der Waals surface area contributed by atoms with Gasteiger partial charge in [-0.25, -0.2) is 0 Å². The molecule has 1 rings (SSSR count). The van der Waals surface area contributed by atoms with Crippen molar-refractivity contribution in [1.29, 1.82) is 0 Å². The van der Waals surface area contributed by atoms with E-state index in [9.17, 15) is 4.79 Å². The minimum absolute atomic E-state index is 0. The van der Waals surface area contributed by atoms with Crippen LogP contribution in [-0.4, -0.2) is 31.6 Å². The maximum absolute atomic E-state index is 12.6. The Kier molecular flexibility index (Phi) is 26.6. The molecule has 1 aliphatic heterocycles. The molecule has 1 heterocycles. The number of terminal acetylenes is 1. The van der Waals surface area contributed by atoms with E-state index in [0.29, 0.717) is 19.8 Å². The van der Waals surface area contributed by atoms with E-state index in [1.54, 1.807) is 6.92 Å².